The lowest BCUT2D eigenvalue weighted by Crippen LogP contribution is -2.00. The third-order valence-electron chi connectivity index (χ3n) is 2.34. The monoisotopic (exact) mass is 249 g/mol. The topological polar surface area (TPSA) is 43.1 Å². The molecule has 0 saturated carbocycles. The average molecular weight is 249 g/mol. The molecule has 1 unspecified atom stereocenters. The molecule has 2 aromatic rings. The molecule has 2 nitrogen and oxygen atoms in total. The van der Waals surface area contributed by atoms with Gasteiger partial charge in [-0.3, -0.25) is 4.21 Å². The van der Waals surface area contributed by atoms with Gasteiger partial charge in [-0.2, -0.15) is 0 Å². The smallest absolute Gasteiger partial charge is 0.141 e. The van der Waals surface area contributed by atoms with Crippen molar-refractivity contribution in [3.63, 3.8) is 0 Å². The maximum atomic E-state index is 13.5. The van der Waals surface area contributed by atoms with Crippen molar-refractivity contribution < 1.29 is 8.60 Å². The zero-order valence-corrected chi connectivity index (χ0v) is 9.91. The summed E-state index contributed by atoms with van der Waals surface area (Å²) in [5.41, 5.74) is 6.70. The van der Waals surface area contributed by atoms with E-state index in [0.717, 1.165) is 5.56 Å². The second-order valence-electron chi connectivity index (χ2n) is 3.67. The number of anilines is 1. The highest BCUT2D eigenvalue weighted by Crippen LogP contribution is 2.18. The van der Waals surface area contributed by atoms with Gasteiger partial charge in [0.05, 0.1) is 21.4 Å². The number of halogens is 1. The molecule has 2 N–H and O–H groups in total. The van der Waals surface area contributed by atoms with Crippen LogP contribution in [0.2, 0.25) is 0 Å². The summed E-state index contributed by atoms with van der Waals surface area (Å²) in [5.74, 6) is -0.207. The summed E-state index contributed by atoms with van der Waals surface area (Å²) in [6.45, 7) is 0. The van der Waals surface area contributed by atoms with Gasteiger partial charge >= 0.3 is 0 Å². The van der Waals surface area contributed by atoms with E-state index < -0.39 is 16.6 Å². The Kier molecular flexibility index (Phi) is 3.54. The summed E-state index contributed by atoms with van der Waals surface area (Å²) in [4.78, 5) is 0.197. The standard InChI is InChI=1S/C13H12FNOS/c14-12-8-11(15)6-7-13(12)17(16)9-10-4-2-1-3-5-10/h1-8H,9,15H2. The molecular weight excluding hydrogens is 237 g/mol. The first kappa shape index (κ1) is 11.8. The van der Waals surface area contributed by atoms with Crippen molar-refractivity contribution in [2.24, 2.45) is 0 Å². The van der Waals surface area contributed by atoms with E-state index in [9.17, 15) is 8.60 Å². The van der Waals surface area contributed by atoms with Crippen LogP contribution in [0.4, 0.5) is 10.1 Å². The molecule has 1 atom stereocenters. The first-order valence-corrected chi connectivity index (χ1v) is 6.46. The minimum Gasteiger partial charge on any atom is -0.399 e. The molecule has 0 bridgehead atoms. The molecule has 0 aliphatic rings. The molecule has 2 rings (SSSR count). The van der Waals surface area contributed by atoms with Crippen LogP contribution in [0, 0.1) is 5.82 Å². The molecule has 0 radical (unpaired) electrons. The Balaban J connectivity index is 2.21. The summed E-state index contributed by atoms with van der Waals surface area (Å²) in [6, 6.07) is 13.6. The van der Waals surface area contributed by atoms with Gasteiger partial charge in [0, 0.05) is 5.69 Å². The van der Waals surface area contributed by atoms with Crippen molar-refractivity contribution in [3.8, 4) is 0 Å². The van der Waals surface area contributed by atoms with Gasteiger partial charge in [0.15, 0.2) is 0 Å². The van der Waals surface area contributed by atoms with Crippen molar-refractivity contribution in [3.05, 3.63) is 59.9 Å². The number of hydrogen-bond acceptors (Lipinski definition) is 2. The lowest BCUT2D eigenvalue weighted by Gasteiger charge is -2.04. The zero-order chi connectivity index (χ0) is 12.3. The van der Waals surface area contributed by atoms with Gasteiger partial charge in [0.1, 0.15) is 5.82 Å². The minimum atomic E-state index is -1.38. The normalized spacial score (nSPS) is 12.3. The van der Waals surface area contributed by atoms with Crippen molar-refractivity contribution in [2.45, 2.75) is 10.6 Å². The number of hydrogen-bond donors (Lipinski definition) is 1. The molecular formula is C13H12FNOS. The highest BCUT2D eigenvalue weighted by Gasteiger charge is 2.10. The van der Waals surface area contributed by atoms with Crippen LogP contribution in [0.1, 0.15) is 5.56 Å². The third-order valence-corrected chi connectivity index (χ3v) is 3.76. The summed E-state index contributed by atoms with van der Waals surface area (Å²) in [7, 11) is -1.38. The summed E-state index contributed by atoms with van der Waals surface area (Å²) < 4.78 is 25.5. The van der Waals surface area contributed by atoms with E-state index in [2.05, 4.69) is 0 Å². The predicted octanol–water partition coefficient (Wildman–Crippen LogP) is 2.72. The van der Waals surface area contributed by atoms with E-state index in [-0.39, 0.29) is 4.90 Å². The van der Waals surface area contributed by atoms with Gasteiger partial charge in [-0.25, -0.2) is 4.39 Å². The van der Waals surface area contributed by atoms with Crippen molar-refractivity contribution in [1.82, 2.24) is 0 Å². The van der Waals surface area contributed by atoms with Crippen LogP contribution in [0.5, 0.6) is 0 Å². The number of nitrogens with two attached hydrogens (primary N) is 1. The number of rotatable bonds is 3. The molecule has 0 aliphatic heterocycles. The van der Waals surface area contributed by atoms with Crippen LogP contribution in [0.3, 0.4) is 0 Å². The van der Waals surface area contributed by atoms with Gasteiger partial charge < -0.3 is 5.73 Å². The molecule has 17 heavy (non-hydrogen) atoms. The maximum Gasteiger partial charge on any atom is 0.141 e. The van der Waals surface area contributed by atoms with E-state index in [1.54, 1.807) is 6.07 Å². The van der Waals surface area contributed by atoms with E-state index >= 15 is 0 Å². The molecule has 0 spiro atoms. The van der Waals surface area contributed by atoms with E-state index in [1.807, 2.05) is 30.3 Å². The quantitative estimate of drug-likeness (QED) is 0.850. The van der Waals surface area contributed by atoms with Crippen LogP contribution in [0.15, 0.2) is 53.4 Å². The SMILES string of the molecule is Nc1ccc(S(=O)Cc2ccccc2)c(F)c1. The predicted molar refractivity (Wildman–Crippen MR) is 67.4 cm³/mol. The lowest BCUT2D eigenvalue weighted by atomic mass is 10.2. The van der Waals surface area contributed by atoms with Gasteiger partial charge in [-0.05, 0) is 23.8 Å². The number of benzene rings is 2. The molecule has 0 fully saturated rings. The lowest BCUT2D eigenvalue weighted by molar-refractivity contribution is 0.596. The van der Waals surface area contributed by atoms with Crippen LogP contribution >= 0.6 is 0 Å². The van der Waals surface area contributed by atoms with Gasteiger partial charge in [-0.15, -0.1) is 0 Å². The fraction of sp³-hybridized carbons (Fsp3) is 0.0769. The third kappa shape index (κ3) is 2.91. The maximum absolute atomic E-state index is 13.5. The largest absolute Gasteiger partial charge is 0.399 e. The second kappa shape index (κ2) is 5.10. The van der Waals surface area contributed by atoms with Crippen molar-refractivity contribution in [2.75, 3.05) is 5.73 Å². The summed E-state index contributed by atoms with van der Waals surface area (Å²) >= 11 is 0. The van der Waals surface area contributed by atoms with Gasteiger partial charge in [0.2, 0.25) is 0 Å². The first-order valence-electron chi connectivity index (χ1n) is 5.14. The molecule has 4 heteroatoms. The number of nitrogen functional groups attached to an aromatic ring is 1. The fourth-order valence-electron chi connectivity index (χ4n) is 1.51. The van der Waals surface area contributed by atoms with Crippen molar-refractivity contribution >= 4 is 16.5 Å². The molecule has 0 amide bonds. The Labute approximate surface area is 102 Å². The molecule has 88 valence electrons. The zero-order valence-electron chi connectivity index (χ0n) is 9.10. The second-order valence-corrected chi connectivity index (χ2v) is 5.08. The molecule has 0 heterocycles. The first-order chi connectivity index (χ1) is 8.16. The highest BCUT2D eigenvalue weighted by atomic mass is 32.2. The molecule has 2 aromatic carbocycles. The molecule has 0 aliphatic carbocycles. The van der Waals surface area contributed by atoms with Crippen molar-refractivity contribution in [1.29, 1.82) is 0 Å². The Bertz CT molecular complexity index is 542. The van der Waals surface area contributed by atoms with Crippen LogP contribution in [-0.2, 0) is 16.6 Å². The Morgan fingerprint density at radius 2 is 1.82 bits per heavy atom. The van der Waals surface area contributed by atoms with Crippen LogP contribution in [-0.4, -0.2) is 4.21 Å². The highest BCUT2D eigenvalue weighted by molar-refractivity contribution is 7.84. The molecule has 0 aromatic heterocycles. The van der Waals surface area contributed by atoms with E-state index in [0.29, 0.717) is 11.4 Å². The van der Waals surface area contributed by atoms with Crippen LogP contribution in [0.25, 0.3) is 0 Å². The average Bonchev–Trinajstić information content (AvgIpc) is 2.30. The Hall–Kier alpha value is -1.68. The minimum absolute atomic E-state index is 0.197. The Morgan fingerprint density at radius 1 is 1.12 bits per heavy atom. The Morgan fingerprint density at radius 3 is 2.47 bits per heavy atom. The van der Waals surface area contributed by atoms with Crippen LogP contribution < -0.4 is 5.73 Å². The van der Waals surface area contributed by atoms with Gasteiger partial charge in [-0.1, -0.05) is 30.3 Å². The van der Waals surface area contributed by atoms with E-state index in [4.69, 9.17) is 5.73 Å². The van der Waals surface area contributed by atoms with Gasteiger partial charge in [0.25, 0.3) is 0 Å². The van der Waals surface area contributed by atoms with E-state index in [1.165, 1.54) is 12.1 Å². The fourth-order valence-corrected chi connectivity index (χ4v) is 2.65. The summed E-state index contributed by atoms with van der Waals surface area (Å²) in [6.07, 6.45) is 0. The summed E-state index contributed by atoms with van der Waals surface area (Å²) in [5, 5.41) is 0. The molecule has 0 saturated heterocycles.